The number of rotatable bonds is 8. The van der Waals surface area contributed by atoms with E-state index in [4.69, 9.17) is 4.74 Å². The van der Waals surface area contributed by atoms with Crippen LogP contribution >= 0.6 is 35.3 Å². The second kappa shape index (κ2) is 10.7. The van der Waals surface area contributed by atoms with Crippen LogP contribution in [0.5, 0.6) is 5.75 Å². The van der Waals surface area contributed by atoms with Crippen LogP contribution in [0.25, 0.3) is 0 Å². The third-order valence-electron chi connectivity index (χ3n) is 4.15. The Kier molecular flexibility index (Phi) is 8.64. The van der Waals surface area contributed by atoms with Gasteiger partial charge in [-0.1, -0.05) is 18.2 Å². The van der Waals surface area contributed by atoms with Crippen molar-refractivity contribution in [1.82, 2.24) is 15.6 Å². The predicted molar refractivity (Wildman–Crippen MR) is 119 cm³/mol. The maximum absolute atomic E-state index is 5.96. The molecule has 0 radical (unpaired) electrons. The molecule has 1 aromatic carbocycles. The van der Waals surface area contributed by atoms with Crippen LogP contribution in [0.2, 0.25) is 0 Å². The summed E-state index contributed by atoms with van der Waals surface area (Å²) in [7, 11) is 1.79. The topological polar surface area (TPSA) is 58.5 Å². The van der Waals surface area contributed by atoms with Gasteiger partial charge in [-0.05, 0) is 31.7 Å². The molecule has 1 heterocycles. The first-order valence-corrected chi connectivity index (χ1v) is 9.69. The largest absolute Gasteiger partial charge is 0.493 e. The Labute approximate surface area is 176 Å². The van der Waals surface area contributed by atoms with Crippen molar-refractivity contribution in [3.63, 3.8) is 0 Å². The standard InChI is InChI=1S/C19H26N4OS.HI/c1-14-23-17(13-25-14)9-10-21-19(20-2)22-11-16-5-3-4-6-18(16)24-12-15-7-8-15;/h3-6,13,15H,7-12H2,1-2H3,(H2,20,21,22);1H. The van der Waals surface area contributed by atoms with E-state index in [1.165, 1.54) is 12.8 Å². The molecule has 0 spiro atoms. The van der Waals surface area contributed by atoms with Crippen molar-refractivity contribution in [2.45, 2.75) is 32.7 Å². The highest BCUT2D eigenvalue weighted by Gasteiger charge is 2.22. The third-order valence-corrected chi connectivity index (χ3v) is 4.98. The van der Waals surface area contributed by atoms with Gasteiger partial charge >= 0.3 is 0 Å². The van der Waals surface area contributed by atoms with Gasteiger partial charge in [0.25, 0.3) is 0 Å². The monoisotopic (exact) mass is 486 g/mol. The van der Waals surface area contributed by atoms with Crippen LogP contribution in [0.1, 0.15) is 29.1 Å². The summed E-state index contributed by atoms with van der Waals surface area (Å²) in [5.41, 5.74) is 2.28. The fourth-order valence-corrected chi connectivity index (χ4v) is 3.16. The summed E-state index contributed by atoms with van der Waals surface area (Å²) in [5, 5.41) is 9.92. The lowest BCUT2D eigenvalue weighted by molar-refractivity contribution is 0.296. The molecule has 0 unspecified atom stereocenters. The van der Waals surface area contributed by atoms with Gasteiger partial charge in [-0.25, -0.2) is 4.98 Å². The smallest absolute Gasteiger partial charge is 0.191 e. The normalized spacial score (nSPS) is 13.8. The molecule has 0 saturated heterocycles. The summed E-state index contributed by atoms with van der Waals surface area (Å²) >= 11 is 1.69. The van der Waals surface area contributed by atoms with E-state index in [1.807, 2.05) is 25.1 Å². The number of hydrogen-bond donors (Lipinski definition) is 2. The molecule has 1 aliphatic carbocycles. The molecule has 1 aliphatic rings. The first-order valence-electron chi connectivity index (χ1n) is 8.81. The molecule has 0 atom stereocenters. The van der Waals surface area contributed by atoms with Crippen LogP contribution in [-0.4, -0.2) is 31.1 Å². The van der Waals surface area contributed by atoms with Gasteiger partial charge in [0.2, 0.25) is 0 Å². The van der Waals surface area contributed by atoms with Crippen LogP contribution in [0, 0.1) is 12.8 Å². The number of ether oxygens (including phenoxy) is 1. The first kappa shape index (κ1) is 21.0. The van der Waals surface area contributed by atoms with E-state index in [2.05, 4.69) is 32.1 Å². The molecule has 1 fully saturated rings. The zero-order chi connectivity index (χ0) is 17.5. The highest BCUT2D eigenvalue weighted by atomic mass is 127. The number of hydrogen-bond acceptors (Lipinski definition) is 4. The molecule has 5 nitrogen and oxygen atoms in total. The highest BCUT2D eigenvalue weighted by molar-refractivity contribution is 14.0. The van der Waals surface area contributed by atoms with Crippen molar-refractivity contribution in [1.29, 1.82) is 0 Å². The number of thiazole rings is 1. The number of guanidine groups is 1. The molecular weight excluding hydrogens is 459 g/mol. The lowest BCUT2D eigenvalue weighted by Crippen LogP contribution is -2.38. The van der Waals surface area contributed by atoms with Crippen molar-refractivity contribution in [2.75, 3.05) is 20.2 Å². The average molecular weight is 486 g/mol. The number of aryl methyl sites for hydroxylation is 1. The van der Waals surface area contributed by atoms with Crippen LogP contribution in [0.4, 0.5) is 0 Å². The van der Waals surface area contributed by atoms with Crippen molar-refractivity contribution in [2.24, 2.45) is 10.9 Å². The van der Waals surface area contributed by atoms with E-state index in [9.17, 15) is 0 Å². The molecule has 1 saturated carbocycles. The van der Waals surface area contributed by atoms with Gasteiger partial charge in [-0.15, -0.1) is 35.3 Å². The summed E-state index contributed by atoms with van der Waals surface area (Å²) in [4.78, 5) is 8.77. The Hall–Kier alpha value is -1.35. The zero-order valence-corrected chi connectivity index (χ0v) is 18.5. The molecule has 0 bridgehead atoms. The molecule has 3 rings (SSSR count). The maximum Gasteiger partial charge on any atom is 0.191 e. The van der Waals surface area contributed by atoms with Crippen molar-refractivity contribution < 1.29 is 4.74 Å². The molecule has 0 aliphatic heterocycles. The van der Waals surface area contributed by atoms with Gasteiger partial charge in [-0.2, -0.15) is 0 Å². The number of benzene rings is 1. The van der Waals surface area contributed by atoms with Crippen molar-refractivity contribution in [3.8, 4) is 5.75 Å². The van der Waals surface area contributed by atoms with Gasteiger partial charge in [0.05, 0.1) is 17.3 Å². The number of halogens is 1. The molecule has 7 heteroatoms. The van der Waals surface area contributed by atoms with E-state index in [0.29, 0.717) is 6.54 Å². The average Bonchev–Trinajstić information content (AvgIpc) is 3.37. The SMILES string of the molecule is CN=C(NCCc1csc(C)n1)NCc1ccccc1OCC1CC1.I. The fraction of sp³-hybridized carbons (Fsp3) is 0.474. The van der Waals surface area contributed by atoms with E-state index < -0.39 is 0 Å². The van der Waals surface area contributed by atoms with Gasteiger partial charge in [0.1, 0.15) is 5.75 Å². The van der Waals surface area contributed by atoms with Crippen molar-refractivity contribution >= 4 is 41.3 Å². The number of para-hydroxylation sites is 1. The van der Waals surface area contributed by atoms with Gasteiger partial charge in [-0.3, -0.25) is 4.99 Å². The molecule has 142 valence electrons. The Balaban J connectivity index is 0.00000243. The third kappa shape index (κ3) is 6.75. The number of nitrogens with one attached hydrogen (secondary N) is 2. The predicted octanol–water partition coefficient (Wildman–Crippen LogP) is 3.77. The lowest BCUT2D eigenvalue weighted by atomic mass is 10.2. The van der Waals surface area contributed by atoms with Crippen LogP contribution in [0.15, 0.2) is 34.6 Å². The van der Waals surface area contributed by atoms with E-state index >= 15 is 0 Å². The van der Waals surface area contributed by atoms with Crippen LogP contribution in [-0.2, 0) is 13.0 Å². The number of aromatic nitrogens is 1. The summed E-state index contributed by atoms with van der Waals surface area (Å²) < 4.78 is 5.96. The number of nitrogens with zero attached hydrogens (tertiary/aromatic N) is 2. The quantitative estimate of drug-likeness (QED) is 0.339. The second-order valence-corrected chi connectivity index (χ2v) is 7.38. The Bertz CT molecular complexity index is 715. The van der Waals surface area contributed by atoms with Crippen LogP contribution < -0.4 is 15.4 Å². The summed E-state index contributed by atoms with van der Waals surface area (Å²) in [6, 6.07) is 8.21. The summed E-state index contributed by atoms with van der Waals surface area (Å²) in [6.07, 6.45) is 3.50. The highest BCUT2D eigenvalue weighted by Crippen LogP contribution is 2.30. The maximum atomic E-state index is 5.96. The van der Waals surface area contributed by atoms with Gasteiger partial charge in [0, 0.05) is 37.5 Å². The molecule has 2 N–H and O–H groups in total. The van der Waals surface area contributed by atoms with Crippen LogP contribution in [0.3, 0.4) is 0 Å². The Morgan fingerprint density at radius 2 is 2.12 bits per heavy atom. The van der Waals surface area contributed by atoms with Gasteiger partial charge in [0.15, 0.2) is 5.96 Å². The fourth-order valence-electron chi connectivity index (χ4n) is 2.51. The molecule has 2 aromatic rings. The summed E-state index contributed by atoms with van der Waals surface area (Å²) in [5.74, 6) is 2.52. The number of aliphatic imine (C=N–C) groups is 1. The minimum Gasteiger partial charge on any atom is -0.493 e. The second-order valence-electron chi connectivity index (χ2n) is 6.32. The Morgan fingerprint density at radius 3 is 2.81 bits per heavy atom. The zero-order valence-electron chi connectivity index (χ0n) is 15.3. The molecular formula is C19H27IN4OS. The minimum absolute atomic E-state index is 0. The van der Waals surface area contributed by atoms with E-state index in [-0.39, 0.29) is 24.0 Å². The molecule has 1 aromatic heterocycles. The summed E-state index contributed by atoms with van der Waals surface area (Å²) in [6.45, 7) is 4.36. The molecule has 0 amide bonds. The molecule has 26 heavy (non-hydrogen) atoms. The van der Waals surface area contributed by atoms with Gasteiger partial charge < -0.3 is 15.4 Å². The Morgan fingerprint density at radius 1 is 1.31 bits per heavy atom. The van der Waals surface area contributed by atoms with Crippen molar-refractivity contribution in [3.05, 3.63) is 45.9 Å². The van der Waals surface area contributed by atoms with E-state index in [1.54, 1.807) is 18.4 Å². The first-order chi connectivity index (χ1) is 12.2. The lowest BCUT2D eigenvalue weighted by Gasteiger charge is -2.14. The van der Waals surface area contributed by atoms with E-state index in [0.717, 1.165) is 53.5 Å². The minimum atomic E-state index is 0.